The molecule has 2 aromatic carbocycles. The Morgan fingerprint density at radius 3 is 2.62 bits per heavy atom. The predicted octanol–water partition coefficient (Wildman–Crippen LogP) is 5.00. The van der Waals surface area contributed by atoms with Crippen molar-refractivity contribution in [1.82, 2.24) is 4.57 Å². The van der Waals surface area contributed by atoms with Crippen LogP contribution in [0.25, 0.3) is 11.3 Å². The van der Waals surface area contributed by atoms with E-state index in [1.165, 1.54) is 42.7 Å². The summed E-state index contributed by atoms with van der Waals surface area (Å²) in [6.07, 6.45) is -4.04. The first-order valence-corrected chi connectivity index (χ1v) is 9.56. The molecule has 0 atom stereocenters. The summed E-state index contributed by atoms with van der Waals surface area (Å²) in [6, 6.07) is 9.26. The quantitative estimate of drug-likeness (QED) is 0.564. The van der Waals surface area contributed by atoms with Gasteiger partial charge in [-0.2, -0.15) is 13.2 Å². The van der Waals surface area contributed by atoms with E-state index >= 15 is 0 Å². The molecule has 3 aromatic rings. The average molecular weight is 426 g/mol. The van der Waals surface area contributed by atoms with E-state index in [-0.39, 0.29) is 18.0 Å². The highest BCUT2D eigenvalue weighted by Gasteiger charge is 2.30. The van der Waals surface area contributed by atoms with Gasteiger partial charge in [0, 0.05) is 24.1 Å². The number of halogens is 4. The predicted molar refractivity (Wildman–Crippen MR) is 103 cm³/mol. The number of thiazole rings is 1. The number of nitrogens with zero attached hydrogens (tertiary/aromatic N) is 2. The van der Waals surface area contributed by atoms with Gasteiger partial charge in [-0.05, 0) is 42.8 Å². The van der Waals surface area contributed by atoms with Crippen LogP contribution < -0.4 is 9.54 Å². The first-order chi connectivity index (χ1) is 13.8. The summed E-state index contributed by atoms with van der Waals surface area (Å²) >= 11 is 1.23. The normalized spacial score (nSPS) is 12.4. The van der Waals surface area contributed by atoms with E-state index in [1.54, 1.807) is 16.0 Å². The highest BCUT2D eigenvalue weighted by atomic mass is 32.1. The number of methoxy groups -OCH3 is 1. The summed E-state index contributed by atoms with van der Waals surface area (Å²) in [6.45, 7) is 0.309. The maximum atomic E-state index is 14.1. The number of hydrogen-bond donors (Lipinski definition) is 1. The van der Waals surface area contributed by atoms with Crippen LogP contribution in [0.2, 0.25) is 0 Å². The monoisotopic (exact) mass is 426 g/mol. The van der Waals surface area contributed by atoms with E-state index in [9.17, 15) is 22.7 Å². The van der Waals surface area contributed by atoms with Gasteiger partial charge in [0.25, 0.3) is 0 Å². The molecule has 0 fully saturated rings. The minimum Gasteiger partial charge on any atom is -0.494 e. The zero-order valence-electron chi connectivity index (χ0n) is 15.4. The molecule has 0 saturated heterocycles. The molecule has 0 bridgehead atoms. The second-order valence-electron chi connectivity index (χ2n) is 6.14. The van der Waals surface area contributed by atoms with Crippen molar-refractivity contribution in [3.63, 3.8) is 0 Å². The summed E-state index contributed by atoms with van der Waals surface area (Å²) in [5, 5.41) is 11.0. The summed E-state index contributed by atoms with van der Waals surface area (Å²) in [7, 11) is 1.37. The van der Waals surface area contributed by atoms with Crippen LogP contribution in [0, 0.1) is 5.82 Å². The molecule has 1 N–H and O–H groups in total. The van der Waals surface area contributed by atoms with E-state index < -0.39 is 17.6 Å². The van der Waals surface area contributed by atoms with Crippen molar-refractivity contribution < 1.29 is 27.4 Å². The zero-order chi connectivity index (χ0) is 21.0. The van der Waals surface area contributed by atoms with Crippen molar-refractivity contribution >= 4 is 17.0 Å². The van der Waals surface area contributed by atoms with Crippen molar-refractivity contribution in [2.75, 3.05) is 13.7 Å². The van der Waals surface area contributed by atoms with E-state index in [0.717, 1.165) is 12.1 Å². The summed E-state index contributed by atoms with van der Waals surface area (Å²) in [4.78, 5) is 4.80. The summed E-state index contributed by atoms with van der Waals surface area (Å²) in [5.41, 5.74) is 0.597. The number of alkyl halides is 3. The van der Waals surface area contributed by atoms with Crippen LogP contribution in [0.15, 0.2) is 52.8 Å². The lowest BCUT2D eigenvalue weighted by molar-refractivity contribution is -0.137. The molecular weight excluding hydrogens is 408 g/mol. The fourth-order valence-electron chi connectivity index (χ4n) is 2.78. The van der Waals surface area contributed by atoms with Crippen molar-refractivity contribution in [1.29, 1.82) is 0 Å². The van der Waals surface area contributed by atoms with E-state index in [0.29, 0.717) is 29.0 Å². The van der Waals surface area contributed by atoms with Gasteiger partial charge in [-0.1, -0.05) is 6.07 Å². The third-order valence-corrected chi connectivity index (χ3v) is 5.05. The highest BCUT2D eigenvalue weighted by Crippen LogP contribution is 2.31. The third-order valence-electron chi connectivity index (χ3n) is 4.18. The molecule has 29 heavy (non-hydrogen) atoms. The number of aromatic nitrogens is 1. The molecule has 0 spiro atoms. The molecule has 4 nitrogen and oxygen atoms in total. The summed E-state index contributed by atoms with van der Waals surface area (Å²) < 4.78 is 59.7. The van der Waals surface area contributed by atoms with Crippen molar-refractivity contribution in [3.8, 4) is 17.0 Å². The Labute approximate surface area is 168 Å². The molecule has 3 rings (SSSR count). The van der Waals surface area contributed by atoms with Gasteiger partial charge in [0.15, 0.2) is 16.4 Å². The number of hydrogen-bond acceptors (Lipinski definition) is 4. The van der Waals surface area contributed by atoms with E-state index in [4.69, 9.17) is 4.74 Å². The number of ether oxygens (including phenoxy) is 1. The Bertz CT molecular complexity index is 1060. The molecule has 9 heteroatoms. The number of aliphatic hydroxyl groups excluding tert-OH is 1. The molecule has 0 unspecified atom stereocenters. The van der Waals surface area contributed by atoms with Gasteiger partial charge in [-0.3, -0.25) is 0 Å². The molecule has 0 aliphatic rings. The van der Waals surface area contributed by atoms with Crippen LogP contribution in [-0.4, -0.2) is 23.4 Å². The van der Waals surface area contributed by atoms with Gasteiger partial charge in [-0.15, -0.1) is 11.3 Å². The van der Waals surface area contributed by atoms with Gasteiger partial charge < -0.3 is 14.4 Å². The summed E-state index contributed by atoms with van der Waals surface area (Å²) in [5.74, 6) is -0.416. The van der Waals surface area contributed by atoms with Crippen molar-refractivity contribution in [3.05, 3.63) is 64.0 Å². The number of aliphatic hydroxyl groups is 1. The maximum Gasteiger partial charge on any atom is 0.416 e. The van der Waals surface area contributed by atoms with Crippen LogP contribution in [0.1, 0.15) is 12.0 Å². The molecule has 0 aliphatic heterocycles. The zero-order valence-corrected chi connectivity index (χ0v) is 16.2. The number of rotatable bonds is 6. The van der Waals surface area contributed by atoms with Gasteiger partial charge in [0.2, 0.25) is 0 Å². The van der Waals surface area contributed by atoms with Gasteiger partial charge in [-0.25, -0.2) is 9.38 Å². The van der Waals surface area contributed by atoms with Gasteiger partial charge >= 0.3 is 6.18 Å². The molecule has 0 aliphatic carbocycles. The molecule has 1 aromatic heterocycles. The Balaban J connectivity index is 2.09. The second-order valence-corrected chi connectivity index (χ2v) is 6.98. The standard InChI is InChI=1S/C20H18F4N2O2S/c1-28-18-7-6-13(10-16(18)21)17-12-29-19(26(17)8-3-9-27)25-15-5-2-4-14(11-15)20(22,23)24/h2,4-7,10-12,27H,3,8-9H2,1H3. The smallest absolute Gasteiger partial charge is 0.416 e. The minimum atomic E-state index is -4.46. The first-order valence-electron chi connectivity index (χ1n) is 8.68. The Morgan fingerprint density at radius 2 is 1.97 bits per heavy atom. The van der Waals surface area contributed by atoms with Crippen LogP contribution >= 0.6 is 11.3 Å². The lowest BCUT2D eigenvalue weighted by Gasteiger charge is -2.10. The fourth-order valence-corrected chi connectivity index (χ4v) is 3.74. The molecule has 154 valence electrons. The highest BCUT2D eigenvalue weighted by molar-refractivity contribution is 7.07. The van der Waals surface area contributed by atoms with E-state index in [2.05, 4.69) is 4.99 Å². The Kier molecular flexibility index (Phi) is 6.39. The third kappa shape index (κ3) is 4.86. The lowest BCUT2D eigenvalue weighted by Crippen LogP contribution is -2.16. The molecule has 1 heterocycles. The molecule has 0 radical (unpaired) electrons. The lowest BCUT2D eigenvalue weighted by atomic mass is 10.1. The van der Waals surface area contributed by atoms with Crippen LogP contribution in [0.4, 0.5) is 23.2 Å². The topological polar surface area (TPSA) is 46.8 Å². The fraction of sp³-hybridized carbons (Fsp3) is 0.250. The minimum absolute atomic E-state index is 0.0672. The maximum absolute atomic E-state index is 14.1. The van der Waals surface area contributed by atoms with Crippen LogP contribution in [-0.2, 0) is 12.7 Å². The van der Waals surface area contributed by atoms with Crippen LogP contribution in [0.5, 0.6) is 5.75 Å². The van der Waals surface area contributed by atoms with Gasteiger partial charge in [0.1, 0.15) is 0 Å². The second kappa shape index (κ2) is 8.79. The molecule has 0 saturated carbocycles. The van der Waals surface area contributed by atoms with E-state index in [1.807, 2.05) is 0 Å². The van der Waals surface area contributed by atoms with Gasteiger partial charge in [0.05, 0.1) is 24.1 Å². The largest absolute Gasteiger partial charge is 0.494 e. The SMILES string of the molecule is COc1ccc(-c2csc(=Nc3cccc(C(F)(F)F)c3)n2CCCO)cc1F. The molecule has 0 amide bonds. The average Bonchev–Trinajstić information content (AvgIpc) is 3.08. The van der Waals surface area contributed by atoms with Crippen molar-refractivity contribution in [2.24, 2.45) is 4.99 Å². The Hall–Kier alpha value is -2.65. The molecular formula is C20H18F4N2O2S. The van der Waals surface area contributed by atoms with Crippen LogP contribution in [0.3, 0.4) is 0 Å². The first kappa shape index (κ1) is 21.1. The number of benzene rings is 2. The Morgan fingerprint density at radius 1 is 1.17 bits per heavy atom. The van der Waals surface area contributed by atoms with Crippen molar-refractivity contribution in [2.45, 2.75) is 19.1 Å².